The highest BCUT2D eigenvalue weighted by atomic mass is 127. The molecule has 23 heavy (non-hydrogen) atoms. The number of hydrogen-bond donors (Lipinski definition) is 0. The molecule has 0 fully saturated rings. The van der Waals surface area contributed by atoms with Crippen molar-refractivity contribution < 1.29 is 13.2 Å². The van der Waals surface area contributed by atoms with Gasteiger partial charge in [-0.25, -0.2) is 8.42 Å². The molecular formula is C16H22INO3SSi. The van der Waals surface area contributed by atoms with Crippen molar-refractivity contribution in [3.05, 3.63) is 46.3 Å². The van der Waals surface area contributed by atoms with Crippen molar-refractivity contribution in [1.82, 2.24) is 4.57 Å². The Morgan fingerprint density at radius 3 is 2.39 bits per heavy atom. The molecule has 0 aliphatic carbocycles. The second-order valence-corrected chi connectivity index (χ2v) is 15.2. The lowest BCUT2D eigenvalue weighted by Gasteiger charge is -2.15. The van der Waals surface area contributed by atoms with Gasteiger partial charge in [0.25, 0.3) is 0 Å². The fraction of sp³-hybridized carbons (Fsp3) is 0.375. The van der Waals surface area contributed by atoms with Crippen molar-refractivity contribution in [2.75, 3.05) is 6.61 Å². The maximum Gasteiger partial charge on any atom is 0.209 e. The van der Waals surface area contributed by atoms with E-state index in [2.05, 4.69) is 42.2 Å². The average molecular weight is 463 g/mol. The third-order valence-electron chi connectivity index (χ3n) is 3.43. The predicted molar refractivity (Wildman–Crippen MR) is 103 cm³/mol. The Morgan fingerprint density at radius 2 is 1.78 bits per heavy atom. The molecule has 0 aliphatic heterocycles. The zero-order chi connectivity index (χ0) is 17.1. The highest BCUT2D eigenvalue weighted by Crippen LogP contribution is 2.26. The normalized spacial score (nSPS) is 12.5. The molecule has 0 amide bonds. The summed E-state index contributed by atoms with van der Waals surface area (Å²) in [6, 6.07) is 11.3. The van der Waals surface area contributed by atoms with Crippen LogP contribution in [0, 0.1) is 3.70 Å². The summed E-state index contributed by atoms with van der Waals surface area (Å²) in [4.78, 5) is 0.647. The topological polar surface area (TPSA) is 48.3 Å². The van der Waals surface area contributed by atoms with Gasteiger partial charge in [-0.15, -0.1) is 0 Å². The van der Waals surface area contributed by atoms with Crippen LogP contribution in [-0.2, 0) is 21.3 Å². The van der Waals surface area contributed by atoms with E-state index in [-0.39, 0.29) is 0 Å². The van der Waals surface area contributed by atoms with Crippen molar-refractivity contribution in [2.24, 2.45) is 0 Å². The van der Waals surface area contributed by atoms with Crippen LogP contribution < -0.4 is 0 Å². The summed E-state index contributed by atoms with van der Waals surface area (Å²) in [6.45, 7) is 8.01. The van der Waals surface area contributed by atoms with Crippen molar-refractivity contribution in [2.45, 2.75) is 42.2 Å². The van der Waals surface area contributed by atoms with E-state index >= 15 is 0 Å². The second-order valence-electron chi connectivity index (χ2n) is 6.61. The number of sulfone groups is 1. The molecule has 0 N–H and O–H groups in total. The molecule has 0 aliphatic rings. The molecule has 7 heteroatoms. The monoisotopic (exact) mass is 463 g/mol. The van der Waals surface area contributed by atoms with Crippen molar-refractivity contribution in [1.29, 1.82) is 0 Å². The lowest BCUT2D eigenvalue weighted by atomic mass is 10.4. The Bertz CT molecular complexity index is 751. The van der Waals surface area contributed by atoms with Crippen molar-refractivity contribution in [3.63, 3.8) is 0 Å². The highest BCUT2D eigenvalue weighted by molar-refractivity contribution is 14.1. The molecule has 0 unspecified atom stereocenters. The van der Waals surface area contributed by atoms with E-state index in [0.717, 1.165) is 6.04 Å². The minimum Gasteiger partial charge on any atom is -0.361 e. The zero-order valence-corrected chi connectivity index (χ0v) is 17.6. The molecule has 2 rings (SSSR count). The molecule has 1 heterocycles. The lowest BCUT2D eigenvalue weighted by Crippen LogP contribution is -2.22. The maximum atomic E-state index is 12.7. The summed E-state index contributed by atoms with van der Waals surface area (Å²) in [5, 5.41) is 0. The Balaban J connectivity index is 2.11. The van der Waals surface area contributed by atoms with Crippen LogP contribution in [-0.4, -0.2) is 27.7 Å². The molecule has 0 atom stereocenters. The summed E-state index contributed by atoms with van der Waals surface area (Å²) in [5.74, 6) is 0. The molecule has 1 aromatic carbocycles. The predicted octanol–water partition coefficient (Wildman–Crippen LogP) is 4.24. The Morgan fingerprint density at radius 1 is 1.13 bits per heavy atom. The van der Waals surface area contributed by atoms with Gasteiger partial charge in [-0.3, -0.25) is 0 Å². The van der Waals surface area contributed by atoms with Gasteiger partial charge < -0.3 is 9.30 Å². The number of aromatic nitrogens is 1. The fourth-order valence-electron chi connectivity index (χ4n) is 2.00. The number of halogens is 1. The number of ether oxygens (including phenoxy) is 1. The van der Waals surface area contributed by atoms with E-state index in [0.29, 0.717) is 26.8 Å². The summed E-state index contributed by atoms with van der Waals surface area (Å²) in [6.07, 6.45) is 1.77. The van der Waals surface area contributed by atoms with Gasteiger partial charge in [0, 0.05) is 20.9 Å². The van der Waals surface area contributed by atoms with E-state index in [1.54, 1.807) is 36.5 Å². The molecule has 0 bridgehead atoms. The molecule has 126 valence electrons. The third kappa shape index (κ3) is 4.91. The van der Waals surface area contributed by atoms with E-state index in [1.165, 1.54) is 0 Å². The first kappa shape index (κ1) is 18.7. The van der Waals surface area contributed by atoms with Gasteiger partial charge in [-0.1, -0.05) is 37.8 Å². The minimum atomic E-state index is -3.48. The van der Waals surface area contributed by atoms with Gasteiger partial charge in [-0.2, -0.15) is 0 Å². The molecule has 4 nitrogen and oxygen atoms in total. The van der Waals surface area contributed by atoms with Crippen molar-refractivity contribution in [3.8, 4) is 0 Å². The quantitative estimate of drug-likeness (QED) is 0.351. The fourth-order valence-corrected chi connectivity index (χ4v) is 5.46. The molecule has 2 aromatic rings. The second kappa shape index (κ2) is 7.50. The van der Waals surface area contributed by atoms with Crippen LogP contribution in [0.1, 0.15) is 0 Å². The molecule has 0 saturated heterocycles. The van der Waals surface area contributed by atoms with Crippen LogP contribution >= 0.6 is 22.6 Å². The SMILES string of the molecule is C[Si](C)(C)CCOCn1ccc(S(=O)(=O)c2ccccc2)c1I. The van der Waals surface area contributed by atoms with Gasteiger partial charge in [0.1, 0.15) is 15.3 Å². The standard InChI is InChI=1S/C16H22INO3SSi/c1-23(2,3)12-11-21-13-18-10-9-15(16(18)17)22(19,20)14-7-5-4-6-8-14/h4-10H,11-13H2,1-3H3. The molecule has 0 saturated carbocycles. The molecule has 0 radical (unpaired) electrons. The average Bonchev–Trinajstić information content (AvgIpc) is 2.85. The third-order valence-corrected chi connectivity index (χ3v) is 8.50. The van der Waals surface area contributed by atoms with Crippen LogP contribution in [0.5, 0.6) is 0 Å². The van der Waals surface area contributed by atoms with Gasteiger partial charge >= 0.3 is 0 Å². The van der Waals surface area contributed by atoms with Gasteiger partial charge in [0.2, 0.25) is 9.84 Å². The maximum absolute atomic E-state index is 12.7. The van der Waals surface area contributed by atoms with Gasteiger partial charge in [-0.05, 0) is 46.8 Å². The Labute approximate surface area is 152 Å². The first-order chi connectivity index (χ1) is 10.7. The molecule has 1 aromatic heterocycles. The van der Waals surface area contributed by atoms with Gasteiger partial charge in [0.05, 0.1) is 4.90 Å². The van der Waals surface area contributed by atoms with Crippen molar-refractivity contribution >= 4 is 40.5 Å². The smallest absolute Gasteiger partial charge is 0.209 e. The van der Waals surface area contributed by atoms with E-state index in [4.69, 9.17) is 4.74 Å². The largest absolute Gasteiger partial charge is 0.361 e. The number of rotatable bonds is 7. The summed E-state index contributed by atoms with van der Waals surface area (Å²) in [5.41, 5.74) is 0. The Hall–Kier alpha value is -0.643. The summed E-state index contributed by atoms with van der Waals surface area (Å²) < 4.78 is 33.6. The minimum absolute atomic E-state index is 0.315. The number of nitrogens with zero attached hydrogens (tertiary/aromatic N) is 1. The summed E-state index contributed by atoms with van der Waals surface area (Å²) in [7, 11) is -4.59. The van der Waals surface area contributed by atoms with Crippen LogP contribution in [0.25, 0.3) is 0 Å². The lowest BCUT2D eigenvalue weighted by molar-refractivity contribution is 0.0856. The zero-order valence-electron chi connectivity index (χ0n) is 13.6. The van der Waals surface area contributed by atoms with E-state index < -0.39 is 17.9 Å². The van der Waals surface area contributed by atoms with E-state index in [1.807, 2.05) is 10.6 Å². The van der Waals surface area contributed by atoms with Crippen LogP contribution in [0.15, 0.2) is 52.4 Å². The number of hydrogen-bond acceptors (Lipinski definition) is 3. The summed E-state index contributed by atoms with van der Waals surface area (Å²) >= 11 is 2.07. The van der Waals surface area contributed by atoms with E-state index in [9.17, 15) is 8.42 Å². The van der Waals surface area contributed by atoms with Crippen LogP contribution in [0.2, 0.25) is 25.7 Å². The van der Waals surface area contributed by atoms with Crippen LogP contribution in [0.4, 0.5) is 0 Å². The highest BCUT2D eigenvalue weighted by Gasteiger charge is 2.23. The first-order valence-corrected chi connectivity index (χ1v) is 13.7. The van der Waals surface area contributed by atoms with Gasteiger partial charge in [0.15, 0.2) is 0 Å². The molecule has 0 spiro atoms. The first-order valence-electron chi connectivity index (χ1n) is 7.44. The molecular weight excluding hydrogens is 441 g/mol. The van der Waals surface area contributed by atoms with Crippen LogP contribution in [0.3, 0.4) is 0 Å². The Kier molecular flexibility index (Phi) is 6.09. The number of benzene rings is 1.